The van der Waals surface area contributed by atoms with Gasteiger partial charge in [-0.2, -0.15) is 0 Å². The van der Waals surface area contributed by atoms with Crippen LogP contribution in [-0.2, 0) is 19.6 Å². The first-order valence-corrected chi connectivity index (χ1v) is 11.5. The Morgan fingerprint density at radius 2 is 1.84 bits per heavy atom. The number of phenols is 1. The van der Waals surface area contributed by atoms with Crippen LogP contribution in [-0.4, -0.2) is 42.8 Å². The second kappa shape index (κ2) is 8.78. The number of imide groups is 1. The smallest absolute Gasteiger partial charge is 0.329 e. The number of carbonyl (C=O) groups excluding carboxylic acids is 3. The molecule has 0 spiro atoms. The highest BCUT2D eigenvalue weighted by atomic mass is 79.9. The molecule has 10 nitrogen and oxygen atoms in total. The van der Waals surface area contributed by atoms with Crippen molar-refractivity contribution in [3.05, 3.63) is 56.6 Å². The molecule has 13 heteroatoms. The summed E-state index contributed by atoms with van der Waals surface area (Å²) in [5.74, 6) is -1.56. The Balaban J connectivity index is 1.72. The van der Waals surface area contributed by atoms with E-state index >= 15 is 0 Å². The van der Waals surface area contributed by atoms with Gasteiger partial charge in [-0.15, -0.1) is 0 Å². The summed E-state index contributed by atoms with van der Waals surface area (Å²) >= 11 is 6.45. The van der Waals surface area contributed by atoms with E-state index in [-0.39, 0.29) is 27.6 Å². The van der Waals surface area contributed by atoms with Crippen molar-refractivity contribution in [3.63, 3.8) is 0 Å². The molecule has 5 N–H and O–H groups in total. The number of hydrogen-bond donors (Lipinski definition) is 4. The van der Waals surface area contributed by atoms with Crippen LogP contribution in [0.2, 0.25) is 0 Å². The predicted octanol–water partition coefficient (Wildman–Crippen LogP) is 2.10. The highest BCUT2D eigenvalue weighted by Crippen LogP contribution is 2.33. The molecule has 0 atom stereocenters. The molecule has 2 aromatic rings. The molecular formula is C18H14Br2N4O6S. The summed E-state index contributed by atoms with van der Waals surface area (Å²) in [4.78, 5) is 37.5. The van der Waals surface area contributed by atoms with Crippen molar-refractivity contribution in [1.29, 1.82) is 0 Å². The van der Waals surface area contributed by atoms with Gasteiger partial charge < -0.3 is 15.7 Å². The molecule has 0 unspecified atom stereocenters. The molecule has 1 saturated heterocycles. The van der Waals surface area contributed by atoms with Crippen molar-refractivity contribution < 1.29 is 27.9 Å². The minimum Gasteiger partial charge on any atom is -0.506 e. The Morgan fingerprint density at radius 1 is 1.19 bits per heavy atom. The number of rotatable bonds is 5. The van der Waals surface area contributed by atoms with E-state index in [0.29, 0.717) is 13.8 Å². The summed E-state index contributed by atoms with van der Waals surface area (Å²) in [6.07, 6.45) is 1.29. The standard InChI is InChI=1S/C18H14Br2N4O6S/c19-10-5-9(16(26)13(20)7-10)6-14-17(27)24(18(28)23-14)8-15(25)22-11-1-3-12(4-2-11)31(21,29)30/h1-7,26H,8H2,(H,22,25)(H,23,28)(H2,21,29,30)/b14-6-. The number of aromatic hydroxyl groups is 1. The third kappa shape index (κ3) is 5.31. The van der Waals surface area contributed by atoms with Gasteiger partial charge in [0, 0.05) is 15.7 Å². The average Bonchev–Trinajstić information content (AvgIpc) is 2.93. The highest BCUT2D eigenvalue weighted by molar-refractivity contribution is 9.11. The molecule has 1 fully saturated rings. The fraction of sp³-hybridized carbons (Fsp3) is 0.0556. The van der Waals surface area contributed by atoms with Gasteiger partial charge in [0.05, 0.1) is 9.37 Å². The van der Waals surface area contributed by atoms with E-state index in [1.807, 2.05) is 0 Å². The largest absolute Gasteiger partial charge is 0.506 e. The van der Waals surface area contributed by atoms with Gasteiger partial charge in [-0.1, -0.05) is 15.9 Å². The zero-order valence-electron chi connectivity index (χ0n) is 15.4. The van der Waals surface area contributed by atoms with Crippen LogP contribution >= 0.6 is 31.9 Å². The third-order valence-electron chi connectivity index (χ3n) is 4.09. The number of halogens is 2. The second-order valence-electron chi connectivity index (χ2n) is 6.32. The first kappa shape index (κ1) is 22.9. The number of nitrogens with two attached hydrogens (primary N) is 1. The number of amides is 4. The molecule has 1 heterocycles. The Labute approximate surface area is 193 Å². The molecule has 1 aliphatic heterocycles. The molecule has 1 aliphatic rings. The Hall–Kier alpha value is -2.74. The maximum atomic E-state index is 12.6. The monoisotopic (exact) mass is 572 g/mol. The number of phenolic OH excluding ortho intramolecular Hbond substituents is 1. The molecule has 0 bridgehead atoms. The van der Waals surface area contributed by atoms with E-state index in [4.69, 9.17) is 5.14 Å². The molecule has 31 heavy (non-hydrogen) atoms. The fourth-order valence-corrected chi connectivity index (χ4v) is 4.41. The van der Waals surface area contributed by atoms with E-state index in [1.54, 1.807) is 12.1 Å². The molecule has 0 radical (unpaired) electrons. The van der Waals surface area contributed by atoms with Crippen LogP contribution < -0.4 is 15.8 Å². The van der Waals surface area contributed by atoms with Crippen molar-refractivity contribution in [3.8, 4) is 5.75 Å². The first-order chi connectivity index (χ1) is 14.5. The molecule has 0 aliphatic carbocycles. The van der Waals surface area contributed by atoms with Gasteiger partial charge in [0.1, 0.15) is 18.0 Å². The quantitative estimate of drug-likeness (QED) is 0.316. The van der Waals surface area contributed by atoms with Crippen LogP contribution in [0.25, 0.3) is 6.08 Å². The maximum Gasteiger partial charge on any atom is 0.329 e. The molecule has 0 aromatic heterocycles. The van der Waals surface area contributed by atoms with Crippen LogP contribution in [0, 0.1) is 0 Å². The van der Waals surface area contributed by atoms with Crippen molar-refractivity contribution in [1.82, 2.24) is 10.2 Å². The van der Waals surface area contributed by atoms with E-state index in [1.165, 1.54) is 30.3 Å². The summed E-state index contributed by atoms with van der Waals surface area (Å²) < 4.78 is 23.5. The summed E-state index contributed by atoms with van der Waals surface area (Å²) in [6, 6.07) is 7.42. The van der Waals surface area contributed by atoms with Gasteiger partial charge in [0.15, 0.2) is 0 Å². The van der Waals surface area contributed by atoms with Crippen molar-refractivity contribution in [2.45, 2.75) is 4.90 Å². The Morgan fingerprint density at radius 3 is 2.45 bits per heavy atom. The van der Waals surface area contributed by atoms with E-state index < -0.39 is 34.4 Å². The lowest BCUT2D eigenvalue weighted by Gasteiger charge is -2.12. The van der Waals surface area contributed by atoms with Crippen LogP contribution in [0.4, 0.5) is 10.5 Å². The number of nitrogens with one attached hydrogen (secondary N) is 2. The van der Waals surface area contributed by atoms with Crippen molar-refractivity contribution in [2.75, 3.05) is 11.9 Å². The SMILES string of the molecule is NS(=O)(=O)c1ccc(NC(=O)CN2C(=O)N/C(=C\c3cc(Br)cc(Br)c3O)C2=O)cc1. The fourth-order valence-electron chi connectivity index (χ4n) is 2.64. The van der Waals surface area contributed by atoms with Crippen LogP contribution in [0.15, 0.2) is 55.9 Å². The maximum absolute atomic E-state index is 12.6. The van der Waals surface area contributed by atoms with Gasteiger partial charge >= 0.3 is 6.03 Å². The van der Waals surface area contributed by atoms with E-state index in [9.17, 15) is 27.9 Å². The van der Waals surface area contributed by atoms with Gasteiger partial charge in [0.25, 0.3) is 5.91 Å². The predicted molar refractivity (Wildman–Crippen MR) is 118 cm³/mol. The average molecular weight is 574 g/mol. The number of urea groups is 1. The number of primary sulfonamides is 1. The zero-order chi connectivity index (χ0) is 22.9. The summed E-state index contributed by atoms with van der Waals surface area (Å²) in [7, 11) is -3.87. The Bertz CT molecular complexity index is 1230. The topological polar surface area (TPSA) is 159 Å². The lowest BCUT2D eigenvalue weighted by Crippen LogP contribution is -2.38. The number of sulfonamides is 1. The van der Waals surface area contributed by atoms with Gasteiger partial charge in [-0.05, 0) is 58.4 Å². The van der Waals surface area contributed by atoms with Crippen molar-refractivity contribution in [2.24, 2.45) is 5.14 Å². The van der Waals surface area contributed by atoms with E-state index in [0.717, 1.165) is 0 Å². The van der Waals surface area contributed by atoms with Crippen LogP contribution in [0.3, 0.4) is 0 Å². The van der Waals surface area contributed by atoms with Crippen LogP contribution in [0.1, 0.15) is 5.56 Å². The minimum atomic E-state index is -3.87. The first-order valence-electron chi connectivity index (χ1n) is 8.41. The minimum absolute atomic E-state index is 0.115. The zero-order valence-corrected chi connectivity index (χ0v) is 19.4. The number of carbonyl (C=O) groups is 3. The van der Waals surface area contributed by atoms with E-state index in [2.05, 4.69) is 42.5 Å². The molecule has 0 saturated carbocycles. The summed E-state index contributed by atoms with van der Waals surface area (Å²) in [6.45, 7) is -0.576. The number of hydrogen-bond acceptors (Lipinski definition) is 6. The van der Waals surface area contributed by atoms with Gasteiger partial charge in [-0.25, -0.2) is 23.3 Å². The lowest BCUT2D eigenvalue weighted by atomic mass is 10.1. The number of nitrogens with zero attached hydrogens (tertiary/aromatic N) is 1. The second-order valence-corrected chi connectivity index (χ2v) is 9.65. The molecule has 2 aromatic carbocycles. The highest BCUT2D eigenvalue weighted by Gasteiger charge is 2.35. The van der Waals surface area contributed by atoms with Crippen LogP contribution in [0.5, 0.6) is 5.75 Å². The van der Waals surface area contributed by atoms with Gasteiger partial charge in [-0.3, -0.25) is 9.59 Å². The molecule has 3 rings (SSSR count). The van der Waals surface area contributed by atoms with Crippen molar-refractivity contribution >= 4 is 71.5 Å². The lowest BCUT2D eigenvalue weighted by molar-refractivity contribution is -0.127. The Kier molecular flexibility index (Phi) is 6.50. The third-order valence-corrected chi connectivity index (χ3v) is 6.08. The number of benzene rings is 2. The molecular weight excluding hydrogens is 560 g/mol. The number of anilines is 1. The normalized spacial score (nSPS) is 15.3. The summed E-state index contributed by atoms with van der Waals surface area (Å²) in [5, 5.41) is 19.9. The molecule has 4 amide bonds. The van der Waals surface area contributed by atoms with Gasteiger partial charge in [0.2, 0.25) is 15.9 Å². The molecule has 162 valence electrons. The summed E-state index contributed by atoms with van der Waals surface area (Å²) in [5.41, 5.74) is 0.408.